The maximum Gasteiger partial charge on any atom is 0.179 e. The van der Waals surface area contributed by atoms with Crippen LogP contribution in [0.1, 0.15) is 55.6 Å². The lowest BCUT2D eigenvalue weighted by molar-refractivity contribution is 0.0788. The van der Waals surface area contributed by atoms with E-state index in [9.17, 15) is 4.79 Å². The van der Waals surface area contributed by atoms with Gasteiger partial charge in [0.15, 0.2) is 5.78 Å². The van der Waals surface area contributed by atoms with Gasteiger partial charge < -0.3 is 0 Å². The monoisotopic (exact) mass is 261 g/mol. The number of rotatable bonds is 6. The Bertz CT molecular complexity index is 437. The first-order chi connectivity index (χ1) is 8.88. The Labute approximate surface area is 117 Å². The Morgan fingerprint density at radius 1 is 1.21 bits per heavy atom. The predicted octanol–water partition coefficient (Wildman–Crippen LogP) is 4.00. The Balaban J connectivity index is 3.00. The van der Waals surface area contributed by atoms with E-state index in [2.05, 4.69) is 31.7 Å². The van der Waals surface area contributed by atoms with Gasteiger partial charge in [-0.25, -0.2) is 0 Å². The molecule has 2 heteroatoms. The van der Waals surface area contributed by atoms with Crippen LogP contribution in [0, 0.1) is 13.8 Å². The van der Waals surface area contributed by atoms with Crippen LogP contribution >= 0.6 is 0 Å². The SMILES string of the molecule is CCCN(C(C)C)C(C)C(=O)c1cc(C)ccc1C. The molecule has 1 aromatic carbocycles. The first kappa shape index (κ1) is 15.9. The van der Waals surface area contributed by atoms with Gasteiger partial charge in [0.1, 0.15) is 0 Å². The molecule has 2 nitrogen and oxygen atoms in total. The van der Waals surface area contributed by atoms with Crippen molar-refractivity contribution in [2.45, 2.75) is 60.0 Å². The van der Waals surface area contributed by atoms with Crippen molar-refractivity contribution in [1.29, 1.82) is 0 Å². The second-order valence-electron chi connectivity index (χ2n) is 5.69. The Hall–Kier alpha value is -1.15. The summed E-state index contributed by atoms with van der Waals surface area (Å²) in [5, 5.41) is 0. The zero-order valence-corrected chi connectivity index (χ0v) is 13.2. The van der Waals surface area contributed by atoms with Crippen LogP contribution in [0.2, 0.25) is 0 Å². The van der Waals surface area contributed by atoms with Gasteiger partial charge in [0.05, 0.1) is 6.04 Å². The summed E-state index contributed by atoms with van der Waals surface area (Å²) in [7, 11) is 0. The van der Waals surface area contributed by atoms with Crippen LogP contribution in [0.3, 0.4) is 0 Å². The van der Waals surface area contributed by atoms with Gasteiger partial charge in [0, 0.05) is 11.6 Å². The predicted molar refractivity (Wildman–Crippen MR) is 81.8 cm³/mol. The van der Waals surface area contributed by atoms with Gasteiger partial charge in [0.25, 0.3) is 0 Å². The maximum atomic E-state index is 12.7. The maximum absolute atomic E-state index is 12.7. The van der Waals surface area contributed by atoms with E-state index in [0.29, 0.717) is 6.04 Å². The molecule has 0 bridgehead atoms. The van der Waals surface area contributed by atoms with Crippen LogP contribution in [-0.2, 0) is 0 Å². The summed E-state index contributed by atoms with van der Waals surface area (Å²) in [6.07, 6.45) is 1.07. The summed E-state index contributed by atoms with van der Waals surface area (Å²) < 4.78 is 0. The molecule has 106 valence electrons. The van der Waals surface area contributed by atoms with Crippen molar-refractivity contribution in [3.63, 3.8) is 0 Å². The minimum absolute atomic E-state index is 0.0551. The third kappa shape index (κ3) is 3.90. The fourth-order valence-electron chi connectivity index (χ4n) is 2.53. The number of aryl methyl sites for hydroxylation is 2. The van der Waals surface area contributed by atoms with Gasteiger partial charge >= 0.3 is 0 Å². The quantitative estimate of drug-likeness (QED) is 0.722. The second-order valence-corrected chi connectivity index (χ2v) is 5.69. The highest BCUT2D eigenvalue weighted by Crippen LogP contribution is 2.17. The average molecular weight is 261 g/mol. The van der Waals surface area contributed by atoms with Crippen LogP contribution < -0.4 is 0 Å². The van der Waals surface area contributed by atoms with E-state index in [4.69, 9.17) is 0 Å². The summed E-state index contributed by atoms with van der Waals surface area (Å²) in [6.45, 7) is 13.5. The standard InChI is InChI=1S/C17H27NO/c1-7-10-18(12(2)3)15(6)17(19)16-11-13(4)8-9-14(16)5/h8-9,11-12,15H,7,10H2,1-6H3. The number of carbonyl (C=O) groups is 1. The average Bonchev–Trinajstić information content (AvgIpc) is 2.36. The minimum Gasteiger partial charge on any atom is -0.292 e. The molecule has 1 unspecified atom stereocenters. The molecule has 0 heterocycles. The van der Waals surface area contributed by atoms with Crippen molar-refractivity contribution in [3.8, 4) is 0 Å². The Kier molecular flexibility index (Phi) is 5.74. The van der Waals surface area contributed by atoms with Gasteiger partial charge in [-0.3, -0.25) is 9.69 Å². The van der Waals surface area contributed by atoms with E-state index in [1.165, 1.54) is 0 Å². The molecule has 1 atom stereocenters. The number of hydrogen-bond acceptors (Lipinski definition) is 2. The van der Waals surface area contributed by atoms with Crippen molar-refractivity contribution in [3.05, 3.63) is 34.9 Å². The lowest BCUT2D eigenvalue weighted by Gasteiger charge is -2.31. The summed E-state index contributed by atoms with van der Waals surface area (Å²) in [4.78, 5) is 15.0. The zero-order chi connectivity index (χ0) is 14.6. The molecule has 1 rings (SSSR count). The van der Waals surface area contributed by atoms with Crippen LogP contribution in [-0.4, -0.2) is 29.3 Å². The van der Waals surface area contributed by atoms with Crippen molar-refractivity contribution in [2.24, 2.45) is 0 Å². The fourth-order valence-corrected chi connectivity index (χ4v) is 2.53. The van der Waals surface area contributed by atoms with E-state index in [0.717, 1.165) is 29.7 Å². The molecule has 0 saturated carbocycles. The van der Waals surface area contributed by atoms with E-state index >= 15 is 0 Å². The van der Waals surface area contributed by atoms with Gasteiger partial charge in [0.2, 0.25) is 0 Å². The Morgan fingerprint density at radius 2 is 1.84 bits per heavy atom. The van der Waals surface area contributed by atoms with E-state index < -0.39 is 0 Å². The minimum atomic E-state index is -0.0551. The highest BCUT2D eigenvalue weighted by molar-refractivity contribution is 6.01. The summed E-state index contributed by atoms with van der Waals surface area (Å²) >= 11 is 0. The normalized spacial score (nSPS) is 13.1. The first-order valence-corrected chi connectivity index (χ1v) is 7.25. The third-order valence-corrected chi connectivity index (χ3v) is 3.68. The molecule has 0 radical (unpaired) electrons. The second kappa shape index (κ2) is 6.85. The molecule has 0 N–H and O–H groups in total. The summed E-state index contributed by atoms with van der Waals surface area (Å²) in [5.74, 6) is 0.239. The summed E-state index contributed by atoms with van der Waals surface area (Å²) in [5.41, 5.74) is 3.09. The lowest BCUT2D eigenvalue weighted by atomic mass is 9.97. The van der Waals surface area contributed by atoms with Crippen molar-refractivity contribution in [2.75, 3.05) is 6.54 Å². The van der Waals surface area contributed by atoms with Gasteiger partial charge in [-0.2, -0.15) is 0 Å². The van der Waals surface area contributed by atoms with Gasteiger partial charge in [-0.1, -0.05) is 24.6 Å². The highest BCUT2D eigenvalue weighted by atomic mass is 16.1. The van der Waals surface area contributed by atoms with Crippen LogP contribution in [0.15, 0.2) is 18.2 Å². The summed E-state index contributed by atoms with van der Waals surface area (Å²) in [6, 6.07) is 6.45. The number of hydrogen-bond donors (Lipinski definition) is 0. The zero-order valence-electron chi connectivity index (χ0n) is 13.2. The molecule has 0 aromatic heterocycles. The topological polar surface area (TPSA) is 20.3 Å². The van der Waals surface area contributed by atoms with Crippen LogP contribution in [0.25, 0.3) is 0 Å². The fraction of sp³-hybridized carbons (Fsp3) is 0.588. The number of Topliss-reactive ketones (excluding diaryl/α,β-unsaturated/α-hetero) is 1. The Morgan fingerprint density at radius 3 is 2.37 bits per heavy atom. The molecule has 0 aliphatic rings. The van der Waals surface area contributed by atoms with Crippen LogP contribution in [0.5, 0.6) is 0 Å². The van der Waals surface area contributed by atoms with E-state index in [-0.39, 0.29) is 11.8 Å². The number of benzene rings is 1. The highest BCUT2D eigenvalue weighted by Gasteiger charge is 2.24. The number of carbonyl (C=O) groups excluding carboxylic acids is 1. The molecule has 0 saturated heterocycles. The molecule has 0 aliphatic carbocycles. The van der Waals surface area contributed by atoms with Gasteiger partial charge in [-0.15, -0.1) is 0 Å². The molecule has 0 amide bonds. The number of ketones is 1. The molecule has 0 fully saturated rings. The molecule has 1 aromatic rings. The number of nitrogens with zero attached hydrogens (tertiary/aromatic N) is 1. The van der Waals surface area contributed by atoms with E-state index in [1.807, 2.05) is 32.9 Å². The largest absolute Gasteiger partial charge is 0.292 e. The third-order valence-electron chi connectivity index (χ3n) is 3.68. The molecule has 0 aliphatic heterocycles. The van der Waals surface area contributed by atoms with Crippen molar-refractivity contribution in [1.82, 2.24) is 4.90 Å². The van der Waals surface area contributed by atoms with Gasteiger partial charge in [-0.05, 0) is 59.2 Å². The first-order valence-electron chi connectivity index (χ1n) is 7.25. The van der Waals surface area contributed by atoms with Crippen molar-refractivity contribution >= 4 is 5.78 Å². The molecule has 0 spiro atoms. The van der Waals surface area contributed by atoms with E-state index in [1.54, 1.807) is 0 Å². The lowest BCUT2D eigenvalue weighted by Crippen LogP contribution is -2.44. The molecule has 19 heavy (non-hydrogen) atoms. The molecular weight excluding hydrogens is 234 g/mol. The van der Waals surface area contributed by atoms with Crippen molar-refractivity contribution < 1.29 is 4.79 Å². The smallest absolute Gasteiger partial charge is 0.179 e. The van der Waals surface area contributed by atoms with Crippen LogP contribution in [0.4, 0.5) is 0 Å². The molecular formula is C17H27NO.